The van der Waals surface area contributed by atoms with Crippen molar-refractivity contribution in [3.63, 3.8) is 0 Å². The number of hydrogen-bond donors (Lipinski definition) is 1. The third-order valence-electron chi connectivity index (χ3n) is 3.82. The Morgan fingerprint density at radius 3 is 2.74 bits per heavy atom. The molecule has 1 aliphatic rings. The minimum atomic E-state index is -0.713. The van der Waals surface area contributed by atoms with Crippen molar-refractivity contribution in [2.45, 2.75) is 45.1 Å². The Hall–Kier alpha value is -1.89. The number of nitrogens with zero attached hydrogens (tertiary/aromatic N) is 2. The lowest BCUT2D eigenvalue weighted by Crippen LogP contribution is -2.49. The molecule has 0 spiro atoms. The molecule has 2 rings (SSSR count). The maximum Gasteiger partial charge on any atom is 0.271 e. The Labute approximate surface area is 113 Å². The number of rotatable bonds is 2. The van der Waals surface area contributed by atoms with Gasteiger partial charge in [0.15, 0.2) is 0 Å². The van der Waals surface area contributed by atoms with Gasteiger partial charge in [0.1, 0.15) is 11.2 Å². The first kappa shape index (κ1) is 13.5. The fourth-order valence-corrected chi connectivity index (χ4v) is 2.47. The second-order valence-electron chi connectivity index (χ2n) is 5.49. The van der Waals surface area contributed by atoms with Crippen molar-refractivity contribution in [2.24, 2.45) is 5.92 Å². The van der Waals surface area contributed by atoms with E-state index in [9.17, 15) is 10.1 Å². The molecule has 1 aromatic heterocycles. The molecule has 1 aromatic rings. The average Bonchev–Trinajstić information content (AvgIpc) is 2.42. The molecule has 1 amide bonds. The highest BCUT2D eigenvalue weighted by molar-refractivity contribution is 5.93. The Morgan fingerprint density at radius 2 is 2.16 bits per heavy atom. The van der Waals surface area contributed by atoms with Crippen LogP contribution in [-0.2, 0) is 0 Å². The first-order valence-corrected chi connectivity index (χ1v) is 6.72. The van der Waals surface area contributed by atoms with Crippen molar-refractivity contribution < 1.29 is 4.79 Å². The van der Waals surface area contributed by atoms with Gasteiger partial charge in [-0.25, -0.2) is 4.98 Å². The lowest BCUT2D eigenvalue weighted by atomic mass is 9.78. The third-order valence-corrected chi connectivity index (χ3v) is 3.82. The zero-order chi connectivity index (χ0) is 13.9. The van der Waals surface area contributed by atoms with Crippen molar-refractivity contribution in [3.05, 3.63) is 29.6 Å². The highest BCUT2D eigenvalue weighted by Crippen LogP contribution is 2.31. The molecule has 100 valence electrons. The van der Waals surface area contributed by atoms with Gasteiger partial charge in [-0.15, -0.1) is 0 Å². The fraction of sp³-hybridized carbons (Fsp3) is 0.533. The van der Waals surface area contributed by atoms with Gasteiger partial charge in [0.2, 0.25) is 0 Å². The number of nitrogens with one attached hydrogen (secondary N) is 1. The number of carbonyl (C=O) groups is 1. The fourth-order valence-electron chi connectivity index (χ4n) is 2.47. The van der Waals surface area contributed by atoms with E-state index in [1.54, 1.807) is 12.1 Å². The van der Waals surface area contributed by atoms with Crippen LogP contribution in [0, 0.1) is 24.2 Å². The summed E-state index contributed by atoms with van der Waals surface area (Å²) in [5, 5.41) is 12.3. The lowest BCUT2D eigenvalue weighted by molar-refractivity contribution is 0.0888. The second-order valence-corrected chi connectivity index (χ2v) is 5.49. The number of aromatic nitrogens is 1. The lowest BCUT2D eigenvalue weighted by Gasteiger charge is -2.34. The van der Waals surface area contributed by atoms with Crippen molar-refractivity contribution in [2.75, 3.05) is 0 Å². The van der Waals surface area contributed by atoms with Crippen LogP contribution in [0.3, 0.4) is 0 Å². The predicted molar refractivity (Wildman–Crippen MR) is 72.4 cm³/mol. The summed E-state index contributed by atoms with van der Waals surface area (Å²) in [6, 6.07) is 7.62. The normalized spacial score (nSPS) is 26.5. The van der Waals surface area contributed by atoms with Gasteiger partial charge < -0.3 is 5.32 Å². The minimum absolute atomic E-state index is 0.250. The van der Waals surface area contributed by atoms with Crippen molar-refractivity contribution >= 4 is 5.91 Å². The maximum absolute atomic E-state index is 12.2. The standard InChI is InChI=1S/C15H19N3O/c1-11-6-8-15(10-16,9-7-11)18-14(19)13-5-3-4-12(2)17-13/h3-5,11H,6-9H2,1-2H3,(H,18,19). The molecule has 1 aliphatic carbocycles. The Morgan fingerprint density at radius 1 is 1.47 bits per heavy atom. The molecule has 0 radical (unpaired) electrons. The van der Waals surface area contributed by atoms with Gasteiger partial charge in [-0.1, -0.05) is 13.0 Å². The average molecular weight is 257 g/mol. The SMILES string of the molecule is Cc1cccc(C(=O)NC2(C#N)CCC(C)CC2)n1. The quantitative estimate of drug-likeness (QED) is 0.885. The zero-order valence-electron chi connectivity index (χ0n) is 11.4. The smallest absolute Gasteiger partial charge is 0.271 e. The van der Waals surface area contributed by atoms with Gasteiger partial charge in [0.25, 0.3) is 5.91 Å². The van der Waals surface area contributed by atoms with Crippen LogP contribution in [0.2, 0.25) is 0 Å². The van der Waals surface area contributed by atoms with E-state index in [2.05, 4.69) is 23.3 Å². The van der Waals surface area contributed by atoms with Crippen LogP contribution in [-0.4, -0.2) is 16.4 Å². The van der Waals surface area contributed by atoms with Gasteiger partial charge in [0, 0.05) is 5.69 Å². The Balaban J connectivity index is 2.11. The second kappa shape index (κ2) is 5.40. The summed E-state index contributed by atoms with van der Waals surface area (Å²) in [7, 11) is 0. The number of amides is 1. The first-order valence-electron chi connectivity index (χ1n) is 6.72. The molecule has 19 heavy (non-hydrogen) atoms. The van der Waals surface area contributed by atoms with Gasteiger partial charge in [-0.05, 0) is 50.7 Å². The van der Waals surface area contributed by atoms with E-state index >= 15 is 0 Å². The topological polar surface area (TPSA) is 65.8 Å². The highest BCUT2D eigenvalue weighted by atomic mass is 16.2. The summed E-state index contributed by atoms with van der Waals surface area (Å²) in [4.78, 5) is 16.4. The van der Waals surface area contributed by atoms with E-state index in [4.69, 9.17) is 0 Å². The molecule has 4 nitrogen and oxygen atoms in total. The molecule has 0 saturated heterocycles. The number of aryl methyl sites for hydroxylation is 1. The van der Waals surface area contributed by atoms with E-state index in [0.29, 0.717) is 11.6 Å². The summed E-state index contributed by atoms with van der Waals surface area (Å²) in [5.74, 6) is 0.385. The summed E-state index contributed by atoms with van der Waals surface area (Å²) < 4.78 is 0. The van der Waals surface area contributed by atoms with Crippen molar-refractivity contribution in [1.82, 2.24) is 10.3 Å². The molecule has 1 fully saturated rings. The third kappa shape index (κ3) is 3.11. The van der Waals surface area contributed by atoms with Crippen LogP contribution in [0.1, 0.15) is 48.8 Å². The number of nitriles is 1. The van der Waals surface area contributed by atoms with Gasteiger partial charge in [-0.2, -0.15) is 5.26 Å². The Bertz CT molecular complexity index is 510. The van der Waals surface area contributed by atoms with Gasteiger partial charge >= 0.3 is 0 Å². The summed E-state index contributed by atoms with van der Waals surface area (Å²) in [6.45, 7) is 4.03. The molecule has 1 heterocycles. The largest absolute Gasteiger partial charge is 0.332 e. The first-order chi connectivity index (χ1) is 9.04. The van der Waals surface area contributed by atoms with Crippen molar-refractivity contribution in [3.8, 4) is 6.07 Å². The predicted octanol–water partition coefficient (Wildman–Crippen LogP) is 2.59. The van der Waals surface area contributed by atoms with E-state index in [1.807, 2.05) is 13.0 Å². The van der Waals surface area contributed by atoms with Gasteiger partial charge in [0.05, 0.1) is 6.07 Å². The number of hydrogen-bond acceptors (Lipinski definition) is 3. The molecule has 1 N–H and O–H groups in total. The number of pyridine rings is 1. The maximum atomic E-state index is 12.2. The van der Waals surface area contributed by atoms with Crippen LogP contribution in [0.25, 0.3) is 0 Å². The molecule has 0 atom stereocenters. The summed E-state index contributed by atoms with van der Waals surface area (Å²) in [6.07, 6.45) is 3.41. The van der Waals surface area contributed by atoms with E-state index in [1.165, 1.54) is 0 Å². The number of carbonyl (C=O) groups excluding carboxylic acids is 1. The van der Waals surface area contributed by atoms with Crippen LogP contribution in [0.15, 0.2) is 18.2 Å². The molecule has 0 bridgehead atoms. The minimum Gasteiger partial charge on any atom is -0.332 e. The molecule has 1 saturated carbocycles. The van der Waals surface area contributed by atoms with Crippen LogP contribution >= 0.6 is 0 Å². The van der Waals surface area contributed by atoms with Crippen LogP contribution in [0.4, 0.5) is 0 Å². The molecular formula is C15H19N3O. The van der Waals surface area contributed by atoms with Crippen LogP contribution < -0.4 is 5.32 Å². The van der Waals surface area contributed by atoms with E-state index in [0.717, 1.165) is 31.4 Å². The molecule has 0 unspecified atom stereocenters. The van der Waals surface area contributed by atoms with Crippen molar-refractivity contribution in [1.29, 1.82) is 5.26 Å². The highest BCUT2D eigenvalue weighted by Gasteiger charge is 2.36. The summed E-state index contributed by atoms with van der Waals surface area (Å²) in [5.41, 5.74) is 0.471. The molecule has 4 heteroatoms. The van der Waals surface area contributed by atoms with E-state index in [-0.39, 0.29) is 5.91 Å². The monoisotopic (exact) mass is 257 g/mol. The summed E-state index contributed by atoms with van der Waals surface area (Å²) >= 11 is 0. The Kier molecular flexibility index (Phi) is 3.84. The van der Waals surface area contributed by atoms with E-state index < -0.39 is 5.54 Å². The van der Waals surface area contributed by atoms with Gasteiger partial charge in [-0.3, -0.25) is 4.79 Å². The zero-order valence-corrected chi connectivity index (χ0v) is 11.4. The van der Waals surface area contributed by atoms with Crippen LogP contribution in [0.5, 0.6) is 0 Å². The molecule has 0 aliphatic heterocycles. The molecular weight excluding hydrogens is 238 g/mol. The molecule has 0 aromatic carbocycles.